The summed E-state index contributed by atoms with van der Waals surface area (Å²) in [5, 5.41) is 5.36. The molecule has 2 N–H and O–H groups in total. The summed E-state index contributed by atoms with van der Waals surface area (Å²) in [4.78, 5) is 58.7. The Morgan fingerprint density at radius 3 is 1.52 bits per heavy atom. The molecule has 0 aliphatic carbocycles. The molecule has 34 nitrogen and oxygen atoms in total. The molecule has 2 heterocycles. The van der Waals surface area contributed by atoms with E-state index in [1.807, 2.05) is 19.1 Å². The highest BCUT2D eigenvalue weighted by Gasteiger charge is 2.40. The van der Waals surface area contributed by atoms with Crippen molar-refractivity contribution in [2.45, 2.75) is 130 Å². The molecule has 542 valence electrons. The minimum atomic E-state index is -4.55. The second-order valence-electron chi connectivity index (χ2n) is 23.4. The van der Waals surface area contributed by atoms with Crippen LogP contribution < -0.4 is 19.0 Å². The molecular weight excluding hydrogens is 1420 g/mol. The van der Waals surface area contributed by atoms with Crippen LogP contribution in [0.2, 0.25) is 0 Å². The molecule has 2 aromatic carbocycles. The Labute approximate surface area is 560 Å². The van der Waals surface area contributed by atoms with Crippen molar-refractivity contribution in [2.24, 2.45) is 9.98 Å². The number of aliphatic imine (C=N–C) groups is 2. The minimum absolute atomic E-state index is 0.00208. The summed E-state index contributed by atoms with van der Waals surface area (Å²) in [5.41, 5.74) is -1.23. The molecule has 4 rings (SSSR count). The summed E-state index contributed by atoms with van der Waals surface area (Å²) in [6.45, 7) is 10.8. The largest absolute Gasteiger partial charge is 0.444 e. The standard InChI is InChI=1S/C27H39FN4O14S4.C27H42N4O12S3/c1-27(2,3)43-26(33)32(4)20(11-9-10-16-42-47(5,34)35)23-30-21(22(44-48(6,36)37)25(31-23)46-50(8,40)41)24(45-49(7,38)39)29-17-18-12-14-19(28)15-13-18;1-18-12-14-19(15-13-18)17-28-24(32)21-22(42-45(7,36)37)25(43-46(8,38)39)30-23(29-21)20(11-9-10-16-40-44(6,34)35)31(5)26(33)41-27(2,3)4/h12-15,20H,9-11,16-17H2,1-8H3;12-15,20,25H,9-11,16-17H2,1-8H3,(H,28,32)(H,29,30). The van der Waals surface area contributed by atoms with Gasteiger partial charge in [0.25, 0.3) is 48.0 Å². The summed E-state index contributed by atoms with van der Waals surface area (Å²) in [5.74, 6) is -5.85. The van der Waals surface area contributed by atoms with Crippen molar-refractivity contribution >= 4 is 101 Å². The molecule has 0 bridgehead atoms. The van der Waals surface area contributed by atoms with Gasteiger partial charge >= 0.3 is 52.7 Å². The first-order chi connectivity index (χ1) is 43.6. The van der Waals surface area contributed by atoms with Crippen molar-refractivity contribution in [3.63, 3.8) is 0 Å². The van der Waals surface area contributed by atoms with E-state index >= 15 is 0 Å². The number of carbonyl (C=O) groups excluding carboxylic acids is 3. The maximum Gasteiger partial charge on any atom is 0.410 e. The van der Waals surface area contributed by atoms with Gasteiger partial charge in [0.2, 0.25) is 17.7 Å². The van der Waals surface area contributed by atoms with Gasteiger partial charge < -0.3 is 46.6 Å². The lowest BCUT2D eigenvalue weighted by atomic mass is 10.1. The van der Waals surface area contributed by atoms with E-state index in [-0.39, 0.29) is 64.1 Å². The Balaban J connectivity index is 0.000000502. The number of halogens is 1. The van der Waals surface area contributed by atoms with Crippen molar-refractivity contribution in [1.82, 2.24) is 30.4 Å². The summed E-state index contributed by atoms with van der Waals surface area (Å²) in [7, 11) is -27.0. The molecular formula is C54H81FN8O26S7. The number of hydrogen-bond donors (Lipinski definition) is 2. The molecule has 1 aliphatic heterocycles. The third kappa shape index (κ3) is 32.9. The Hall–Kier alpha value is -6.93. The van der Waals surface area contributed by atoms with E-state index in [0.29, 0.717) is 42.4 Å². The third-order valence-electron chi connectivity index (χ3n) is 11.6. The summed E-state index contributed by atoms with van der Waals surface area (Å²) in [6, 6.07) is 9.72. The van der Waals surface area contributed by atoms with Gasteiger partial charge in [-0.1, -0.05) is 42.0 Å². The molecule has 3 atom stereocenters. The Bertz CT molecular complexity index is 4180. The Morgan fingerprint density at radius 2 is 1.07 bits per heavy atom. The molecule has 0 saturated heterocycles. The van der Waals surface area contributed by atoms with Crippen LogP contribution in [0.3, 0.4) is 0 Å². The van der Waals surface area contributed by atoms with Gasteiger partial charge in [0.1, 0.15) is 22.9 Å². The number of aryl methyl sites for hydroxylation is 1. The van der Waals surface area contributed by atoms with Crippen molar-refractivity contribution < 1.29 is 116 Å². The molecule has 3 amide bonds. The van der Waals surface area contributed by atoms with Gasteiger partial charge in [-0.25, -0.2) is 33.1 Å². The number of aromatic nitrogens is 2. The second kappa shape index (κ2) is 34.0. The highest BCUT2D eigenvalue weighted by Crippen LogP contribution is 2.36. The normalized spacial score (nSPS) is 15.1. The van der Waals surface area contributed by atoms with Crippen LogP contribution in [-0.4, -0.2) is 203 Å². The van der Waals surface area contributed by atoms with Gasteiger partial charge in [0.15, 0.2) is 17.2 Å². The van der Waals surface area contributed by atoms with Crippen LogP contribution >= 0.6 is 0 Å². The Kier molecular flexibility index (Phi) is 29.5. The zero-order valence-corrected chi connectivity index (χ0v) is 61.2. The number of unbranched alkanes of at least 4 members (excludes halogenated alkanes) is 2. The fraction of sp³-hybridized carbons (Fsp3) is 0.574. The van der Waals surface area contributed by atoms with Gasteiger partial charge in [0.05, 0.1) is 75.6 Å². The fourth-order valence-corrected chi connectivity index (χ4v) is 10.8. The topological polar surface area (TPSA) is 454 Å². The average Bonchev–Trinajstić information content (AvgIpc) is 0.784. The number of nitrogens with one attached hydrogen (secondary N) is 2. The molecule has 0 saturated carbocycles. The number of amides is 3. The lowest BCUT2D eigenvalue weighted by Gasteiger charge is -2.34. The quantitative estimate of drug-likeness (QED) is 0.0401. The lowest BCUT2D eigenvalue weighted by Crippen LogP contribution is -2.53. The zero-order chi connectivity index (χ0) is 73.4. The molecule has 1 aliphatic rings. The van der Waals surface area contributed by atoms with Gasteiger partial charge in [-0.05, 0) is 110 Å². The number of nitrogens with zero attached hydrogens (tertiary/aromatic N) is 6. The summed E-state index contributed by atoms with van der Waals surface area (Å²) >= 11 is 0. The number of hydrogen-bond acceptors (Lipinski definition) is 31. The first kappa shape index (κ1) is 83.3. The summed E-state index contributed by atoms with van der Waals surface area (Å²) in [6.07, 6.45) is 2.04. The van der Waals surface area contributed by atoms with Crippen LogP contribution in [0.4, 0.5) is 14.0 Å². The van der Waals surface area contributed by atoms with E-state index in [2.05, 4.69) is 30.6 Å². The van der Waals surface area contributed by atoms with E-state index < -0.39 is 171 Å². The number of amidine groups is 1. The zero-order valence-electron chi connectivity index (χ0n) is 55.5. The first-order valence-corrected chi connectivity index (χ1v) is 41.0. The highest BCUT2D eigenvalue weighted by molar-refractivity contribution is 7.87. The number of ether oxygens (including phenoxy) is 2. The number of likely N-dealkylation sites (N-methyl/N-ethyl adjacent to an activating group) is 1. The van der Waals surface area contributed by atoms with Crippen LogP contribution in [0.15, 0.2) is 70.0 Å². The van der Waals surface area contributed by atoms with Gasteiger partial charge in [-0.3, -0.25) is 13.2 Å². The van der Waals surface area contributed by atoms with Crippen LogP contribution in [0, 0.1) is 12.7 Å². The predicted octanol–water partition coefficient (Wildman–Crippen LogP) is 3.76. The van der Waals surface area contributed by atoms with Crippen molar-refractivity contribution in [3.05, 3.63) is 94.0 Å². The van der Waals surface area contributed by atoms with E-state index in [0.717, 1.165) is 40.0 Å². The van der Waals surface area contributed by atoms with Gasteiger partial charge in [-0.15, -0.1) is 0 Å². The van der Waals surface area contributed by atoms with E-state index in [1.165, 1.54) is 26.2 Å². The summed E-state index contributed by atoms with van der Waals surface area (Å²) < 4.78 is 228. The molecule has 3 aromatic rings. The van der Waals surface area contributed by atoms with Gasteiger partial charge in [-0.2, -0.15) is 63.9 Å². The van der Waals surface area contributed by atoms with Crippen molar-refractivity contribution in [2.75, 3.05) is 71.1 Å². The maximum atomic E-state index is 13.6. The van der Waals surface area contributed by atoms with Crippen molar-refractivity contribution in [1.29, 1.82) is 0 Å². The number of carbonyl (C=O) groups is 3. The van der Waals surface area contributed by atoms with Crippen LogP contribution in [0.1, 0.15) is 114 Å². The van der Waals surface area contributed by atoms with Crippen LogP contribution in [0.5, 0.6) is 11.6 Å². The molecule has 42 heteroatoms. The highest BCUT2D eigenvalue weighted by atomic mass is 32.2. The monoisotopic (exact) mass is 1500 g/mol. The molecule has 3 unspecified atom stereocenters. The van der Waals surface area contributed by atoms with Crippen molar-refractivity contribution in [3.8, 4) is 11.6 Å². The maximum absolute atomic E-state index is 13.6. The molecule has 1 aromatic heterocycles. The number of benzene rings is 2. The molecule has 0 spiro atoms. The second-order valence-corrected chi connectivity index (χ2v) is 34.6. The Morgan fingerprint density at radius 1 is 0.604 bits per heavy atom. The van der Waals surface area contributed by atoms with Crippen LogP contribution in [-0.2, 0) is 119 Å². The third-order valence-corrected chi connectivity index (χ3v) is 15.2. The van der Waals surface area contributed by atoms with E-state index in [1.54, 1.807) is 53.7 Å². The molecule has 0 radical (unpaired) electrons. The number of rotatable bonds is 31. The predicted molar refractivity (Wildman–Crippen MR) is 346 cm³/mol. The SMILES string of the molecule is CN(C(=O)OC(C)(C)C)C(CCCCOS(C)(=O)=O)c1nc(OS(C)(=O)=O)c(OS(C)(=O)=O)c(C(=NCc2ccc(F)cc2)OS(C)(=O)=O)n1.Cc1ccc(CNC(=O)C2=C(OS(C)(=O)=O)C(OS(C)(=O)=O)N=C(C(CCCCOS(C)(=O)=O)N(C)C(=O)OC(C)(C)C)N2)cc1. The molecule has 96 heavy (non-hydrogen) atoms. The fourth-order valence-electron chi connectivity index (χ4n) is 7.76. The molecule has 0 fully saturated rings. The van der Waals surface area contributed by atoms with E-state index in [9.17, 15) is 77.7 Å². The van der Waals surface area contributed by atoms with Gasteiger partial charge in [0, 0.05) is 20.6 Å². The smallest absolute Gasteiger partial charge is 0.410 e. The van der Waals surface area contributed by atoms with Crippen LogP contribution in [0.25, 0.3) is 0 Å². The minimum Gasteiger partial charge on any atom is -0.444 e. The average molecular weight is 1500 g/mol. The first-order valence-electron chi connectivity index (χ1n) is 28.3. The van der Waals surface area contributed by atoms with E-state index in [4.69, 9.17) is 38.8 Å². The lowest BCUT2D eigenvalue weighted by molar-refractivity contribution is -0.118.